The fourth-order valence-corrected chi connectivity index (χ4v) is 2.15. The summed E-state index contributed by atoms with van der Waals surface area (Å²) in [4.78, 5) is 0. The van der Waals surface area contributed by atoms with Crippen molar-refractivity contribution in [3.63, 3.8) is 0 Å². The third kappa shape index (κ3) is 4.70. The van der Waals surface area contributed by atoms with E-state index in [0.717, 1.165) is 0 Å². The molecule has 0 fully saturated rings. The van der Waals surface area contributed by atoms with E-state index in [0.29, 0.717) is 0 Å². The van der Waals surface area contributed by atoms with Crippen LogP contribution in [0.1, 0.15) is 12.5 Å². The Labute approximate surface area is 106 Å². The Morgan fingerprint density at radius 3 is 2.39 bits per heavy atom. The molecule has 0 atom stereocenters. The van der Waals surface area contributed by atoms with Gasteiger partial charge in [-0.1, -0.05) is 37.3 Å². The number of benzene rings is 1. The van der Waals surface area contributed by atoms with Crippen molar-refractivity contribution in [2.75, 3.05) is 24.6 Å². The summed E-state index contributed by atoms with van der Waals surface area (Å²) in [5.41, 5.74) is -0.0733. The Hall–Kier alpha value is -1.01. The van der Waals surface area contributed by atoms with Crippen molar-refractivity contribution in [2.45, 2.75) is 12.8 Å². The zero-order chi connectivity index (χ0) is 13.6. The van der Waals surface area contributed by atoms with Gasteiger partial charge in [-0.15, -0.1) is 0 Å². The van der Waals surface area contributed by atoms with Crippen LogP contribution in [0.2, 0.25) is 0 Å². The normalized spacial score (nSPS) is 12.6. The molecule has 0 amide bonds. The van der Waals surface area contributed by atoms with Crippen LogP contribution in [0.3, 0.4) is 0 Å². The maximum Gasteiger partial charge on any atom is 0.285 e. The van der Waals surface area contributed by atoms with Crippen molar-refractivity contribution < 1.29 is 17.2 Å². The van der Waals surface area contributed by atoms with Gasteiger partial charge in [0.15, 0.2) is 9.84 Å². The molecule has 0 aliphatic rings. The highest BCUT2D eigenvalue weighted by molar-refractivity contribution is 7.91. The van der Waals surface area contributed by atoms with E-state index in [1.807, 2.05) is 0 Å². The fourth-order valence-electron chi connectivity index (χ4n) is 1.40. The van der Waals surface area contributed by atoms with Crippen LogP contribution >= 0.6 is 0 Å². The Kier molecular flexibility index (Phi) is 5.22. The summed E-state index contributed by atoms with van der Waals surface area (Å²) < 4.78 is 49.6. The third-order valence-corrected chi connectivity index (χ3v) is 4.28. The van der Waals surface area contributed by atoms with Gasteiger partial charge in [-0.3, -0.25) is 0 Å². The highest BCUT2D eigenvalue weighted by atomic mass is 32.2. The molecule has 1 aromatic rings. The molecule has 0 saturated carbocycles. The van der Waals surface area contributed by atoms with Crippen molar-refractivity contribution in [3.8, 4) is 0 Å². The Bertz CT molecular complexity index is 460. The van der Waals surface area contributed by atoms with E-state index in [1.54, 1.807) is 18.2 Å². The molecule has 0 spiro atoms. The van der Waals surface area contributed by atoms with Gasteiger partial charge in [0, 0.05) is 17.9 Å². The lowest BCUT2D eigenvalue weighted by molar-refractivity contribution is -0.00256. The van der Waals surface area contributed by atoms with Crippen molar-refractivity contribution in [2.24, 2.45) is 0 Å². The largest absolute Gasteiger partial charge is 0.310 e. The number of halogens is 2. The van der Waals surface area contributed by atoms with E-state index < -0.39 is 22.3 Å². The number of hydrogen-bond acceptors (Lipinski definition) is 3. The van der Waals surface area contributed by atoms with Gasteiger partial charge in [0.1, 0.15) is 0 Å². The molecule has 18 heavy (non-hydrogen) atoms. The molecule has 0 aliphatic carbocycles. The highest BCUT2D eigenvalue weighted by Crippen LogP contribution is 2.26. The SMILES string of the molecule is CCS(=O)(=O)CCNCC(F)(F)c1ccccc1. The minimum atomic E-state index is -3.11. The third-order valence-electron chi connectivity index (χ3n) is 2.57. The van der Waals surface area contributed by atoms with Gasteiger partial charge in [0.05, 0.1) is 12.3 Å². The Balaban J connectivity index is 2.44. The van der Waals surface area contributed by atoms with Crippen molar-refractivity contribution in [1.29, 1.82) is 0 Å². The van der Waals surface area contributed by atoms with Gasteiger partial charge in [0.25, 0.3) is 5.92 Å². The molecule has 0 unspecified atom stereocenters. The number of nitrogens with one attached hydrogen (secondary N) is 1. The highest BCUT2D eigenvalue weighted by Gasteiger charge is 2.30. The second-order valence-corrected chi connectivity index (χ2v) is 6.46. The first kappa shape index (κ1) is 15.0. The van der Waals surface area contributed by atoms with Crippen LogP contribution in [0.25, 0.3) is 0 Å². The lowest BCUT2D eigenvalue weighted by Gasteiger charge is -2.17. The maximum absolute atomic E-state index is 13.6. The number of sulfone groups is 1. The van der Waals surface area contributed by atoms with Crippen LogP contribution in [0.15, 0.2) is 30.3 Å². The minimum Gasteiger partial charge on any atom is -0.310 e. The molecule has 1 rings (SSSR count). The van der Waals surface area contributed by atoms with Crippen molar-refractivity contribution in [3.05, 3.63) is 35.9 Å². The second-order valence-electron chi connectivity index (χ2n) is 3.98. The summed E-state index contributed by atoms with van der Waals surface area (Å²) in [7, 11) is -3.11. The zero-order valence-electron chi connectivity index (χ0n) is 10.2. The first-order valence-corrected chi connectivity index (χ1v) is 7.54. The lowest BCUT2D eigenvalue weighted by Crippen LogP contribution is -2.33. The van der Waals surface area contributed by atoms with Gasteiger partial charge in [-0.2, -0.15) is 8.78 Å². The topological polar surface area (TPSA) is 46.2 Å². The molecule has 0 saturated heterocycles. The molecule has 0 aliphatic heterocycles. The van der Waals surface area contributed by atoms with E-state index in [-0.39, 0.29) is 23.6 Å². The van der Waals surface area contributed by atoms with Gasteiger partial charge in [-0.25, -0.2) is 8.42 Å². The zero-order valence-corrected chi connectivity index (χ0v) is 11.0. The first-order valence-electron chi connectivity index (χ1n) is 5.72. The summed E-state index contributed by atoms with van der Waals surface area (Å²) >= 11 is 0. The molecule has 0 heterocycles. The molecule has 0 bridgehead atoms. The van der Waals surface area contributed by atoms with Crippen molar-refractivity contribution >= 4 is 9.84 Å². The van der Waals surface area contributed by atoms with Gasteiger partial charge in [-0.05, 0) is 0 Å². The summed E-state index contributed by atoms with van der Waals surface area (Å²) in [6.07, 6.45) is 0. The molecular formula is C12H17F2NO2S. The smallest absolute Gasteiger partial charge is 0.285 e. The van der Waals surface area contributed by atoms with Crippen molar-refractivity contribution in [1.82, 2.24) is 5.32 Å². The van der Waals surface area contributed by atoms with E-state index in [1.165, 1.54) is 19.1 Å². The van der Waals surface area contributed by atoms with Gasteiger partial charge >= 0.3 is 0 Å². The quantitative estimate of drug-likeness (QED) is 0.773. The molecule has 102 valence electrons. The summed E-state index contributed by atoms with van der Waals surface area (Å²) in [5.74, 6) is -3.07. The van der Waals surface area contributed by atoms with Crippen LogP contribution in [-0.4, -0.2) is 33.0 Å². The average Bonchev–Trinajstić information content (AvgIpc) is 2.36. The molecule has 1 N–H and O–H groups in total. The predicted molar refractivity (Wildman–Crippen MR) is 67.5 cm³/mol. The van der Waals surface area contributed by atoms with Gasteiger partial charge < -0.3 is 5.32 Å². The monoisotopic (exact) mass is 277 g/mol. The molecular weight excluding hydrogens is 260 g/mol. The fraction of sp³-hybridized carbons (Fsp3) is 0.500. The standard InChI is InChI=1S/C12H17F2NO2S/c1-2-18(16,17)9-8-15-10-12(13,14)11-6-4-3-5-7-11/h3-7,15H,2,8-10H2,1H3. The van der Waals surface area contributed by atoms with E-state index in [4.69, 9.17) is 0 Å². The van der Waals surface area contributed by atoms with E-state index in [2.05, 4.69) is 5.32 Å². The summed E-state index contributed by atoms with van der Waals surface area (Å²) in [6.45, 7) is 1.02. The van der Waals surface area contributed by atoms with Crippen LogP contribution in [0.5, 0.6) is 0 Å². The maximum atomic E-state index is 13.6. The molecule has 0 radical (unpaired) electrons. The Morgan fingerprint density at radius 1 is 1.22 bits per heavy atom. The molecule has 0 aromatic heterocycles. The van der Waals surface area contributed by atoms with Crippen LogP contribution in [-0.2, 0) is 15.8 Å². The van der Waals surface area contributed by atoms with E-state index >= 15 is 0 Å². The van der Waals surface area contributed by atoms with Crippen LogP contribution in [0, 0.1) is 0 Å². The van der Waals surface area contributed by atoms with E-state index in [9.17, 15) is 17.2 Å². The summed E-state index contributed by atoms with van der Waals surface area (Å²) in [5, 5.41) is 2.49. The molecule has 3 nitrogen and oxygen atoms in total. The van der Waals surface area contributed by atoms with Crippen LogP contribution in [0.4, 0.5) is 8.78 Å². The minimum absolute atomic E-state index is 0.0315. The Morgan fingerprint density at radius 2 is 1.83 bits per heavy atom. The number of rotatable bonds is 7. The molecule has 1 aromatic carbocycles. The lowest BCUT2D eigenvalue weighted by atomic mass is 10.1. The van der Waals surface area contributed by atoms with Crippen LogP contribution < -0.4 is 5.32 Å². The predicted octanol–water partition coefficient (Wildman–Crippen LogP) is 1.80. The second kappa shape index (κ2) is 6.24. The summed E-state index contributed by atoms with van der Waals surface area (Å²) in [6, 6.07) is 7.46. The average molecular weight is 277 g/mol. The first-order chi connectivity index (χ1) is 8.37. The number of hydrogen-bond donors (Lipinski definition) is 1. The van der Waals surface area contributed by atoms with Gasteiger partial charge in [0.2, 0.25) is 0 Å². The number of alkyl halides is 2. The molecule has 6 heteroatoms.